The Hall–Kier alpha value is -1.10. The van der Waals surface area contributed by atoms with Crippen LogP contribution in [0.3, 0.4) is 0 Å². The number of nitrogens with two attached hydrogens (primary N) is 1. The Morgan fingerprint density at radius 3 is 2.78 bits per heavy atom. The lowest BCUT2D eigenvalue weighted by molar-refractivity contribution is -0.129. The third-order valence-corrected chi connectivity index (χ3v) is 4.18. The van der Waals surface area contributed by atoms with Gasteiger partial charge in [-0.1, -0.05) is 12.8 Å². The molecule has 1 aliphatic heterocycles. The fourth-order valence-corrected chi connectivity index (χ4v) is 2.94. The lowest BCUT2D eigenvalue weighted by atomic mass is 9.84. The van der Waals surface area contributed by atoms with Gasteiger partial charge in [-0.25, -0.2) is 0 Å². The average molecular weight is 253 g/mol. The molecule has 5 heteroatoms. The molecule has 0 bridgehead atoms. The summed E-state index contributed by atoms with van der Waals surface area (Å²) >= 11 is 0. The fraction of sp³-hybridized carbons (Fsp3) is 0.846. The molecule has 0 aromatic heterocycles. The maximum absolute atomic E-state index is 12.1. The van der Waals surface area contributed by atoms with Gasteiger partial charge in [-0.15, -0.1) is 0 Å². The SMILES string of the molecule is NCC1CCCCC1NC(=O)C1CCC(=O)NC1. The highest BCUT2D eigenvalue weighted by atomic mass is 16.2. The molecule has 3 atom stereocenters. The van der Waals surface area contributed by atoms with E-state index in [0.29, 0.717) is 31.8 Å². The summed E-state index contributed by atoms with van der Waals surface area (Å²) in [5, 5.41) is 5.89. The largest absolute Gasteiger partial charge is 0.355 e. The van der Waals surface area contributed by atoms with Crippen LogP contribution < -0.4 is 16.4 Å². The van der Waals surface area contributed by atoms with E-state index in [2.05, 4.69) is 10.6 Å². The third-order valence-electron chi connectivity index (χ3n) is 4.18. The fourth-order valence-electron chi connectivity index (χ4n) is 2.94. The number of hydrogen-bond donors (Lipinski definition) is 3. The van der Waals surface area contributed by atoms with Crippen molar-refractivity contribution in [2.75, 3.05) is 13.1 Å². The molecule has 1 saturated carbocycles. The summed E-state index contributed by atoms with van der Waals surface area (Å²) in [6, 6.07) is 0.230. The van der Waals surface area contributed by atoms with Crippen molar-refractivity contribution in [3.05, 3.63) is 0 Å². The molecule has 0 aromatic carbocycles. The first kappa shape index (κ1) is 13.3. The van der Waals surface area contributed by atoms with Crippen molar-refractivity contribution in [3.8, 4) is 0 Å². The molecule has 0 spiro atoms. The zero-order chi connectivity index (χ0) is 13.0. The molecule has 1 saturated heterocycles. The number of piperidine rings is 1. The minimum absolute atomic E-state index is 0.0524. The van der Waals surface area contributed by atoms with E-state index >= 15 is 0 Å². The van der Waals surface area contributed by atoms with Crippen molar-refractivity contribution in [3.63, 3.8) is 0 Å². The number of amides is 2. The molecule has 3 unspecified atom stereocenters. The Morgan fingerprint density at radius 2 is 2.11 bits per heavy atom. The standard InChI is InChI=1S/C13H23N3O2/c14-7-9-3-1-2-4-11(9)16-13(18)10-5-6-12(17)15-8-10/h9-11H,1-8,14H2,(H,15,17)(H,16,18). The van der Waals surface area contributed by atoms with Crippen molar-refractivity contribution in [2.45, 2.75) is 44.6 Å². The van der Waals surface area contributed by atoms with Crippen LogP contribution in [0.25, 0.3) is 0 Å². The molecule has 5 nitrogen and oxygen atoms in total. The molecule has 0 radical (unpaired) electrons. The van der Waals surface area contributed by atoms with E-state index in [1.165, 1.54) is 12.8 Å². The van der Waals surface area contributed by atoms with Crippen molar-refractivity contribution in [2.24, 2.45) is 17.6 Å². The van der Waals surface area contributed by atoms with Gasteiger partial charge < -0.3 is 16.4 Å². The van der Waals surface area contributed by atoms with Gasteiger partial charge in [0, 0.05) is 19.0 Å². The van der Waals surface area contributed by atoms with Crippen molar-refractivity contribution >= 4 is 11.8 Å². The smallest absolute Gasteiger partial charge is 0.225 e. The highest BCUT2D eigenvalue weighted by molar-refractivity contribution is 5.83. The van der Waals surface area contributed by atoms with Crippen LogP contribution in [0.1, 0.15) is 38.5 Å². The van der Waals surface area contributed by atoms with E-state index in [1.807, 2.05) is 0 Å². The van der Waals surface area contributed by atoms with E-state index in [0.717, 1.165) is 12.8 Å². The Labute approximate surface area is 108 Å². The first-order valence-corrected chi connectivity index (χ1v) is 6.98. The van der Waals surface area contributed by atoms with Crippen molar-refractivity contribution in [1.82, 2.24) is 10.6 Å². The van der Waals surface area contributed by atoms with Gasteiger partial charge in [-0.05, 0) is 31.7 Å². The molecular formula is C13H23N3O2. The number of rotatable bonds is 3. The van der Waals surface area contributed by atoms with Gasteiger partial charge in [0.25, 0.3) is 0 Å². The average Bonchev–Trinajstić information content (AvgIpc) is 2.40. The van der Waals surface area contributed by atoms with Gasteiger partial charge in [0.05, 0.1) is 5.92 Å². The van der Waals surface area contributed by atoms with Gasteiger partial charge >= 0.3 is 0 Å². The van der Waals surface area contributed by atoms with E-state index in [9.17, 15) is 9.59 Å². The summed E-state index contributed by atoms with van der Waals surface area (Å²) < 4.78 is 0. The van der Waals surface area contributed by atoms with Crippen LogP contribution in [0.2, 0.25) is 0 Å². The summed E-state index contributed by atoms with van der Waals surface area (Å²) in [6.07, 6.45) is 5.66. The van der Waals surface area contributed by atoms with Crippen molar-refractivity contribution < 1.29 is 9.59 Å². The van der Waals surface area contributed by atoms with Crippen LogP contribution in [-0.2, 0) is 9.59 Å². The Balaban J connectivity index is 1.84. The predicted octanol–water partition coefficient (Wildman–Crippen LogP) is 0.146. The zero-order valence-electron chi connectivity index (χ0n) is 10.8. The van der Waals surface area contributed by atoms with Crippen LogP contribution in [-0.4, -0.2) is 30.9 Å². The molecule has 2 aliphatic rings. The molecule has 0 aromatic rings. The third kappa shape index (κ3) is 3.22. The topological polar surface area (TPSA) is 84.2 Å². The second-order valence-corrected chi connectivity index (χ2v) is 5.43. The van der Waals surface area contributed by atoms with Gasteiger partial charge in [0.1, 0.15) is 0 Å². The van der Waals surface area contributed by atoms with E-state index in [1.54, 1.807) is 0 Å². The second kappa shape index (κ2) is 6.18. The quantitative estimate of drug-likeness (QED) is 0.669. The zero-order valence-corrected chi connectivity index (χ0v) is 10.8. The number of hydrogen-bond acceptors (Lipinski definition) is 3. The van der Waals surface area contributed by atoms with Crippen LogP contribution in [0, 0.1) is 11.8 Å². The molecule has 2 amide bonds. The van der Waals surface area contributed by atoms with Crippen LogP contribution in [0.15, 0.2) is 0 Å². The van der Waals surface area contributed by atoms with E-state index in [-0.39, 0.29) is 23.8 Å². The molecule has 2 fully saturated rings. The number of carbonyl (C=O) groups is 2. The number of nitrogens with one attached hydrogen (secondary N) is 2. The first-order valence-electron chi connectivity index (χ1n) is 6.98. The summed E-state index contributed by atoms with van der Waals surface area (Å²) in [5.74, 6) is 0.487. The Morgan fingerprint density at radius 1 is 1.33 bits per heavy atom. The van der Waals surface area contributed by atoms with Gasteiger partial charge in [-0.2, -0.15) is 0 Å². The van der Waals surface area contributed by atoms with E-state index in [4.69, 9.17) is 5.73 Å². The minimum atomic E-state index is -0.0666. The normalized spacial score (nSPS) is 32.7. The van der Waals surface area contributed by atoms with Crippen LogP contribution >= 0.6 is 0 Å². The summed E-state index contributed by atoms with van der Waals surface area (Å²) in [6.45, 7) is 1.12. The highest BCUT2D eigenvalue weighted by Gasteiger charge is 2.29. The number of carbonyl (C=O) groups excluding carboxylic acids is 2. The maximum atomic E-state index is 12.1. The van der Waals surface area contributed by atoms with E-state index < -0.39 is 0 Å². The van der Waals surface area contributed by atoms with Crippen molar-refractivity contribution in [1.29, 1.82) is 0 Å². The second-order valence-electron chi connectivity index (χ2n) is 5.43. The monoisotopic (exact) mass is 253 g/mol. The van der Waals surface area contributed by atoms with Gasteiger partial charge in [0.15, 0.2) is 0 Å². The molecule has 4 N–H and O–H groups in total. The minimum Gasteiger partial charge on any atom is -0.355 e. The van der Waals surface area contributed by atoms with Gasteiger partial charge in [-0.3, -0.25) is 9.59 Å². The summed E-state index contributed by atoms with van der Waals surface area (Å²) in [7, 11) is 0. The highest BCUT2D eigenvalue weighted by Crippen LogP contribution is 2.24. The van der Waals surface area contributed by atoms with Gasteiger partial charge in [0.2, 0.25) is 11.8 Å². The molecule has 102 valence electrons. The first-order chi connectivity index (χ1) is 8.70. The lowest BCUT2D eigenvalue weighted by Crippen LogP contribution is -2.50. The van der Waals surface area contributed by atoms with Crippen LogP contribution in [0.4, 0.5) is 0 Å². The molecule has 18 heavy (non-hydrogen) atoms. The molecule has 1 heterocycles. The molecule has 2 rings (SSSR count). The lowest BCUT2D eigenvalue weighted by Gasteiger charge is -2.33. The summed E-state index contributed by atoms with van der Waals surface area (Å²) in [4.78, 5) is 23.2. The van der Waals surface area contributed by atoms with Crippen LogP contribution in [0.5, 0.6) is 0 Å². The Kier molecular flexibility index (Phi) is 4.58. The molecule has 1 aliphatic carbocycles. The molecular weight excluding hydrogens is 230 g/mol. The predicted molar refractivity (Wildman–Crippen MR) is 68.7 cm³/mol. The maximum Gasteiger partial charge on any atom is 0.225 e. The summed E-state index contributed by atoms with van der Waals surface area (Å²) in [5.41, 5.74) is 5.76. The Bertz CT molecular complexity index is 309.